The maximum absolute atomic E-state index is 13.8. The fourth-order valence-electron chi connectivity index (χ4n) is 5.88. The molecule has 0 aromatic carbocycles. The number of carbonyl (C=O) groups is 2. The van der Waals surface area contributed by atoms with Crippen LogP contribution in [0.15, 0.2) is 23.3 Å². The first kappa shape index (κ1) is 23.2. The highest BCUT2D eigenvalue weighted by Gasteiger charge is 2.65. The number of rotatable bonds is 2. The number of Topliss-reactive ketones (excluding diaryl/α,β-unsaturated/α-hetero) is 1. The van der Waals surface area contributed by atoms with Gasteiger partial charge in [0, 0.05) is 24.3 Å². The zero-order valence-electron chi connectivity index (χ0n) is 18.8. The Balaban J connectivity index is 2.18. The molecule has 6 nitrogen and oxygen atoms in total. The van der Waals surface area contributed by atoms with Gasteiger partial charge in [0.1, 0.15) is 11.5 Å². The van der Waals surface area contributed by atoms with Gasteiger partial charge in [0.25, 0.3) is 0 Å². The van der Waals surface area contributed by atoms with E-state index < -0.39 is 29.6 Å². The summed E-state index contributed by atoms with van der Waals surface area (Å²) in [6, 6.07) is -0.117. The van der Waals surface area contributed by atoms with Crippen LogP contribution in [-0.2, 0) is 9.59 Å². The highest BCUT2D eigenvalue weighted by atomic mass is 16.4. The Morgan fingerprint density at radius 3 is 2.43 bits per heavy atom. The molecule has 0 unspecified atom stereocenters. The number of hydrogen-bond donors (Lipinski definition) is 4. The number of carbonyl (C=O) groups excluding carboxylic acids is 2. The molecule has 1 saturated heterocycles. The first-order valence-corrected chi connectivity index (χ1v) is 11.2. The molecule has 0 radical (unpaired) electrons. The van der Waals surface area contributed by atoms with Gasteiger partial charge in [-0.2, -0.15) is 0 Å². The summed E-state index contributed by atoms with van der Waals surface area (Å²) in [5.74, 6) is -0.827. The minimum atomic E-state index is -1.41. The lowest BCUT2D eigenvalue weighted by atomic mass is 9.54. The molecule has 0 saturated carbocycles. The van der Waals surface area contributed by atoms with Crippen LogP contribution in [0.5, 0.6) is 0 Å². The lowest BCUT2D eigenvalue weighted by Gasteiger charge is -2.45. The molecule has 3 rings (SSSR count). The van der Waals surface area contributed by atoms with Crippen LogP contribution < -0.4 is 5.32 Å². The van der Waals surface area contributed by atoms with E-state index in [1.807, 2.05) is 19.1 Å². The third kappa shape index (κ3) is 3.78. The maximum Gasteiger partial charge on any atom is 0.235 e. The van der Waals surface area contributed by atoms with Crippen LogP contribution in [0.3, 0.4) is 0 Å². The van der Waals surface area contributed by atoms with Crippen LogP contribution >= 0.6 is 0 Å². The van der Waals surface area contributed by atoms with Crippen molar-refractivity contribution >= 4 is 11.7 Å². The van der Waals surface area contributed by atoms with Crippen LogP contribution in [0.2, 0.25) is 0 Å². The highest BCUT2D eigenvalue weighted by molar-refractivity contribution is 6.09. The molecule has 8 atom stereocenters. The number of amides is 1. The fraction of sp³-hybridized carbons (Fsp3) is 0.750. The van der Waals surface area contributed by atoms with Gasteiger partial charge in [-0.3, -0.25) is 9.59 Å². The van der Waals surface area contributed by atoms with E-state index in [9.17, 15) is 24.9 Å². The molecule has 1 amide bonds. The van der Waals surface area contributed by atoms with Gasteiger partial charge in [-0.05, 0) is 44.9 Å². The Morgan fingerprint density at radius 1 is 1.13 bits per heavy atom. The predicted octanol–water partition coefficient (Wildman–Crippen LogP) is 2.13. The normalized spacial score (nSPS) is 44.4. The number of ketones is 1. The van der Waals surface area contributed by atoms with Gasteiger partial charge in [0.05, 0.1) is 12.2 Å². The molecule has 3 aliphatic rings. The summed E-state index contributed by atoms with van der Waals surface area (Å²) in [6.07, 6.45) is 1.35. The van der Waals surface area contributed by atoms with Crippen molar-refractivity contribution < 1.29 is 24.9 Å². The Hall–Kier alpha value is -1.50. The molecule has 168 valence electrons. The Morgan fingerprint density at radius 2 is 1.80 bits per heavy atom. The molecule has 0 bridgehead atoms. The Labute approximate surface area is 179 Å². The van der Waals surface area contributed by atoms with Gasteiger partial charge in [0.2, 0.25) is 5.91 Å². The number of aliphatic hydroxyl groups excluding tert-OH is 3. The van der Waals surface area contributed by atoms with Crippen molar-refractivity contribution in [3.8, 4) is 0 Å². The first-order chi connectivity index (χ1) is 14.0. The fourth-order valence-corrected chi connectivity index (χ4v) is 5.88. The summed E-state index contributed by atoms with van der Waals surface area (Å²) in [5.41, 5.74) is 0.834. The molecule has 0 aromatic heterocycles. The molecular formula is C24H37NO5. The first-order valence-electron chi connectivity index (χ1n) is 11.2. The largest absolute Gasteiger partial charge is 0.390 e. The summed E-state index contributed by atoms with van der Waals surface area (Å²) >= 11 is 0. The summed E-state index contributed by atoms with van der Waals surface area (Å²) in [5, 5.41) is 34.3. The van der Waals surface area contributed by atoms with Gasteiger partial charge in [-0.25, -0.2) is 0 Å². The van der Waals surface area contributed by atoms with Crippen LogP contribution in [0.1, 0.15) is 60.3 Å². The predicted molar refractivity (Wildman–Crippen MR) is 114 cm³/mol. The summed E-state index contributed by atoms with van der Waals surface area (Å²) in [6.45, 7) is 10.3. The van der Waals surface area contributed by atoms with Crippen LogP contribution in [0.25, 0.3) is 0 Å². The van der Waals surface area contributed by atoms with Crippen molar-refractivity contribution in [1.82, 2.24) is 5.32 Å². The lowest BCUT2D eigenvalue weighted by Crippen LogP contribution is -2.53. The van der Waals surface area contributed by atoms with Crippen molar-refractivity contribution in [2.45, 2.75) is 84.7 Å². The summed E-state index contributed by atoms with van der Waals surface area (Å²) in [7, 11) is 0. The third-order valence-corrected chi connectivity index (χ3v) is 7.54. The molecule has 0 aromatic rings. The number of hydrogen-bond acceptors (Lipinski definition) is 5. The van der Waals surface area contributed by atoms with Gasteiger partial charge < -0.3 is 20.6 Å². The average Bonchev–Trinajstić information content (AvgIpc) is 2.94. The molecule has 2 aliphatic carbocycles. The second-order valence-electron chi connectivity index (χ2n) is 10.1. The van der Waals surface area contributed by atoms with Gasteiger partial charge in [-0.1, -0.05) is 44.1 Å². The average molecular weight is 420 g/mol. The number of aliphatic hydroxyl groups is 3. The van der Waals surface area contributed by atoms with Gasteiger partial charge in [0.15, 0.2) is 5.78 Å². The van der Waals surface area contributed by atoms with Crippen molar-refractivity contribution in [2.24, 2.45) is 29.1 Å². The smallest absolute Gasteiger partial charge is 0.235 e. The second-order valence-corrected chi connectivity index (χ2v) is 10.1. The monoisotopic (exact) mass is 419 g/mol. The van der Waals surface area contributed by atoms with E-state index in [1.165, 1.54) is 5.57 Å². The van der Waals surface area contributed by atoms with Crippen LogP contribution in [0, 0.1) is 29.1 Å². The van der Waals surface area contributed by atoms with E-state index in [2.05, 4.69) is 33.0 Å². The second kappa shape index (κ2) is 8.56. The molecule has 6 heteroatoms. The van der Waals surface area contributed by atoms with Crippen molar-refractivity contribution in [1.29, 1.82) is 0 Å². The molecule has 4 N–H and O–H groups in total. The van der Waals surface area contributed by atoms with E-state index in [1.54, 1.807) is 0 Å². The zero-order valence-corrected chi connectivity index (χ0v) is 18.8. The summed E-state index contributed by atoms with van der Waals surface area (Å²) < 4.78 is 0. The van der Waals surface area contributed by atoms with E-state index in [4.69, 9.17) is 0 Å². The quantitative estimate of drug-likeness (QED) is 0.405. The molecule has 1 fully saturated rings. The van der Waals surface area contributed by atoms with Gasteiger partial charge >= 0.3 is 0 Å². The van der Waals surface area contributed by atoms with E-state index in [-0.39, 0.29) is 36.0 Å². The van der Waals surface area contributed by atoms with E-state index in [0.29, 0.717) is 18.8 Å². The van der Waals surface area contributed by atoms with Crippen LogP contribution in [-0.4, -0.2) is 51.4 Å². The number of nitrogens with one attached hydrogen (secondary N) is 1. The standard InChI is InChI=1S/C24H37NO5/c1-12(2)8-17-21-15(5)14(4)10-16-9-13(3)6-7-18(26)22(29)19(27)11-20(28)24(16,21)23(30)25-17/h9-10,12,15-19,21-22,26-27,29H,6-8,11H2,1-5H3,(H,25,30)/b13-9-/t15-,16-,17-,18-,19+,21+,22-,24+/m0/s1. The minimum Gasteiger partial charge on any atom is -0.390 e. The van der Waals surface area contributed by atoms with Gasteiger partial charge in [-0.15, -0.1) is 0 Å². The van der Waals surface area contributed by atoms with Crippen LogP contribution in [0.4, 0.5) is 0 Å². The van der Waals surface area contributed by atoms with E-state index >= 15 is 0 Å². The molecule has 30 heavy (non-hydrogen) atoms. The Kier molecular flexibility index (Phi) is 6.61. The molecule has 1 aliphatic heterocycles. The minimum absolute atomic E-state index is 0.0411. The topological polar surface area (TPSA) is 107 Å². The Bertz CT molecular complexity index is 757. The highest BCUT2D eigenvalue weighted by Crippen LogP contribution is 2.55. The van der Waals surface area contributed by atoms with Crippen molar-refractivity contribution in [3.63, 3.8) is 0 Å². The number of allylic oxidation sites excluding steroid dienone is 4. The lowest BCUT2D eigenvalue weighted by molar-refractivity contribution is -0.148. The zero-order chi connectivity index (χ0) is 22.4. The molecule has 1 spiro atoms. The SMILES string of the molecule is CC1=C[C@@H]2/C=C(/C)CC[C@H](O)[C@H](O)[C@H](O)CC(=O)[C@]23C(=O)N[C@@H](CC(C)C)[C@H]3[C@H]1C. The summed E-state index contributed by atoms with van der Waals surface area (Å²) in [4.78, 5) is 27.3. The van der Waals surface area contributed by atoms with Crippen molar-refractivity contribution in [3.05, 3.63) is 23.3 Å². The molecule has 1 heterocycles. The van der Waals surface area contributed by atoms with Crippen molar-refractivity contribution in [2.75, 3.05) is 0 Å². The molecular weight excluding hydrogens is 382 g/mol. The maximum atomic E-state index is 13.8. The third-order valence-electron chi connectivity index (χ3n) is 7.54. The van der Waals surface area contributed by atoms with E-state index in [0.717, 1.165) is 12.0 Å².